The van der Waals surface area contributed by atoms with E-state index in [1.807, 2.05) is 66.4 Å². The number of hydrazone groups is 1. The highest BCUT2D eigenvalue weighted by Gasteiger charge is 2.43. The number of hydrogen-bond acceptors (Lipinski definition) is 8. The number of thioether (sulfide) groups is 1. The van der Waals surface area contributed by atoms with Gasteiger partial charge in [-0.25, -0.2) is 9.67 Å². The first-order valence-corrected chi connectivity index (χ1v) is 14.5. The number of amides is 1. The molecule has 0 radical (unpaired) electrons. The number of carbonyl (C=O) groups excluding carboxylic acids is 1. The lowest BCUT2D eigenvalue weighted by atomic mass is 9.81. The Labute approximate surface area is 251 Å². The Morgan fingerprint density at radius 1 is 1.16 bits per heavy atom. The minimum absolute atomic E-state index is 0.0259. The Balaban J connectivity index is 1.26. The molecule has 1 aliphatic carbocycles. The van der Waals surface area contributed by atoms with E-state index in [0.717, 1.165) is 16.9 Å². The summed E-state index contributed by atoms with van der Waals surface area (Å²) in [6, 6.07) is 13.1. The SMILES string of the molecule is COC1=CC(C)C(C)(N2C(=O)CCS/C2=N\N(C)Cc2ccc(-c3ncn(-c4ccc(OC(F)(F)F)cc4)n3)cc2)C=C1. The Morgan fingerprint density at radius 2 is 1.88 bits per heavy atom. The van der Waals surface area contributed by atoms with Crippen LogP contribution in [0.1, 0.15) is 25.8 Å². The van der Waals surface area contributed by atoms with Crippen LogP contribution in [-0.4, -0.2) is 67.6 Å². The molecule has 9 nitrogen and oxygen atoms in total. The molecule has 1 saturated heterocycles. The van der Waals surface area contributed by atoms with Gasteiger partial charge in [-0.15, -0.1) is 18.3 Å². The summed E-state index contributed by atoms with van der Waals surface area (Å²) in [7, 11) is 3.51. The molecule has 3 aromatic rings. The molecule has 1 aliphatic heterocycles. The summed E-state index contributed by atoms with van der Waals surface area (Å²) in [4.78, 5) is 19.3. The van der Waals surface area contributed by atoms with Gasteiger partial charge in [0, 0.05) is 30.7 Å². The number of halogens is 3. The second-order valence-electron chi connectivity index (χ2n) is 10.4. The van der Waals surface area contributed by atoms with Crippen molar-refractivity contribution in [2.24, 2.45) is 11.0 Å². The number of hydrogen-bond donors (Lipinski definition) is 0. The molecule has 2 atom stereocenters. The molecule has 1 fully saturated rings. The number of carbonyl (C=O) groups is 1. The molecular formula is C30H31F3N6O3S. The van der Waals surface area contributed by atoms with Crippen molar-refractivity contribution in [3.05, 3.63) is 84.4 Å². The zero-order chi connectivity index (χ0) is 30.8. The zero-order valence-corrected chi connectivity index (χ0v) is 24.9. The average Bonchev–Trinajstić information content (AvgIpc) is 3.45. The second-order valence-corrected chi connectivity index (χ2v) is 11.5. The minimum atomic E-state index is -4.75. The van der Waals surface area contributed by atoms with Crippen LogP contribution in [0.15, 0.2) is 83.9 Å². The van der Waals surface area contributed by atoms with Crippen molar-refractivity contribution in [2.45, 2.75) is 38.7 Å². The lowest BCUT2D eigenvalue weighted by molar-refractivity contribution is -0.274. The normalized spacial score (nSPS) is 21.6. The van der Waals surface area contributed by atoms with Gasteiger partial charge in [-0.3, -0.25) is 14.7 Å². The standard InChI is InChI=1S/C30H31F3N6O3S/c1-20-17-25(41-4)13-15-29(20,2)39-26(40)14-16-43-28(39)36-37(3)18-21-5-7-22(8-6-21)27-34-19-38(35-27)23-9-11-24(12-10-23)42-30(31,32)33/h5-13,15,17,19-20H,14,16,18H2,1-4H3/b36-28-. The first kappa shape index (κ1) is 30.2. The molecule has 0 bridgehead atoms. The lowest BCUT2D eigenvalue weighted by Crippen LogP contribution is -2.57. The smallest absolute Gasteiger partial charge is 0.497 e. The van der Waals surface area contributed by atoms with Crippen LogP contribution >= 0.6 is 11.8 Å². The van der Waals surface area contributed by atoms with Gasteiger partial charge in [-0.1, -0.05) is 49.0 Å². The highest BCUT2D eigenvalue weighted by molar-refractivity contribution is 8.14. The maximum absolute atomic E-state index is 13.1. The van der Waals surface area contributed by atoms with E-state index >= 15 is 0 Å². The third-order valence-electron chi connectivity index (χ3n) is 7.33. The number of methoxy groups -OCH3 is 1. The van der Waals surface area contributed by atoms with E-state index in [1.54, 1.807) is 18.9 Å². The van der Waals surface area contributed by atoms with E-state index in [2.05, 4.69) is 21.7 Å². The summed E-state index contributed by atoms with van der Waals surface area (Å²) in [5, 5.41) is 11.8. The summed E-state index contributed by atoms with van der Waals surface area (Å²) < 4.78 is 48.1. The van der Waals surface area contributed by atoms with E-state index < -0.39 is 11.9 Å². The van der Waals surface area contributed by atoms with Crippen LogP contribution in [0.3, 0.4) is 0 Å². The number of ether oxygens (including phenoxy) is 2. The first-order valence-electron chi connectivity index (χ1n) is 13.5. The first-order chi connectivity index (χ1) is 20.4. The molecule has 13 heteroatoms. The maximum Gasteiger partial charge on any atom is 0.573 e. The lowest BCUT2D eigenvalue weighted by Gasteiger charge is -2.45. The zero-order valence-electron chi connectivity index (χ0n) is 24.1. The number of aromatic nitrogens is 3. The molecular weight excluding hydrogens is 581 g/mol. The number of rotatable bonds is 8. The fourth-order valence-electron chi connectivity index (χ4n) is 4.87. The van der Waals surface area contributed by atoms with Crippen LogP contribution in [0, 0.1) is 5.92 Å². The third kappa shape index (κ3) is 6.87. The van der Waals surface area contributed by atoms with Gasteiger partial charge in [0.05, 0.1) is 24.9 Å². The van der Waals surface area contributed by atoms with Crippen LogP contribution < -0.4 is 4.74 Å². The second kappa shape index (κ2) is 12.2. The van der Waals surface area contributed by atoms with Crippen molar-refractivity contribution in [3.8, 4) is 22.8 Å². The van der Waals surface area contributed by atoms with Gasteiger partial charge in [0.1, 0.15) is 17.8 Å². The van der Waals surface area contributed by atoms with Crippen LogP contribution in [-0.2, 0) is 16.1 Å². The van der Waals surface area contributed by atoms with E-state index in [4.69, 9.17) is 9.84 Å². The molecule has 1 aromatic heterocycles. The van der Waals surface area contributed by atoms with E-state index in [0.29, 0.717) is 35.4 Å². The maximum atomic E-state index is 13.1. The molecule has 1 amide bonds. The van der Waals surface area contributed by atoms with Crippen molar-refractivity contribution in [1.29, 1.82) is 0 Å². The molecule has 2 aromatic carbocycles. The largest absolute Gasteiger partial charge is 0.573 e. The summed E-state index contributed by atoms with van der Waals surface area (Å²) in [6.07, 6.45) is 3.14. The number of allylic oxidation sites excluding steroid dienone is 1. The number of benzene rings is 2. The summed E-state index contributed by atoms with van der Waals surface area (Å²) in [5.74, 6) is 1.68. The van der Waals surface area contributed by atoms with Crippen LogP contribution in [0.25, 0.3) is 17.1 Å². The fourth-order valence-corrected chi connectivity index (χ4v) is 5.96. The number of amidine groups is 1. The summed E-state index contributed by atoms with van der Waals surface area (Å²) in [6.45, 7) is 4.62. The van der Waals surface area contributed by atoms with Crippen LogP contribution in [0.2, 0.25) is 0 Å². The molecule has 2 aliphatic rings. The topological polar surface area (TPSA) is 85.1 Å². The van der Waals surface area contributed by atoms with Crippen LogP contribution in [0.4, 0.5) is 13.2 Å². The number of alkyl halides is 3. The Hall–Kier alpha value is -4.26. The molecule has 226 valence electrons. The van der Waals surface area contributed by atoms with Gasteiger partial charge in [0.15, 0.2) is 11.0 Å². The van der Waals surface area contributed by atoms with Gasteiger partial charge in [0.2, 0.25) is 5.91 Å². The van der Waals surface area contributed by atoms with Gasteiger partial charge < -0.3 is 9.47 Å². The molecule has 2 unspecified atom stereocenters. The quantitative estimate of drug-likeness (QED) is 0.289. The van der Waals surface area contributed by atoms with Gasteiger partial charge in [0.25, 0.3) is 0 Å². The fraction of sp³-hybridized carbons (Fsp3) is 0.333. The average molecular weight is 613 g/mol. The van der Waals surface area contributed by atoms with Crippen molar-refractivity contribution < 1.29 is 27.4 Å². The van der Waals surface area contributed by atoms with Gasteiger partial charge in [-0.05, 0) is 48.9 Å². The highest BCUT2D eigenvalue weighted by Crippen LogP contribution is 2.37. The van der Waals surface area contributed by atoms with E-state index in [-0.39, 0.29) is 17.6 Å². The molecule has 43 heavy (non-hydrogen) atoms. The molecule has 5 rings (SSSR count). The molecule has 0 saturated carbocycles. The Morgan fingerprint density at radius 3 is 2.53 bits per heavy atom. The molecule has 2 heterocycles. The molecule has 0 spiro atoms. The predicted molar refractivity (Wildman–Crippen MR) is 158 cm³/mol. The van der Waals surface area contributed by atoms with Crippen molar-refractivity contribution in [1.82, 2.24) is 24.7 Å². The van der Waals surface area contributed by atoms with E-state index in [1.165, 1.54) is 35.3 Å². The minimum Gasteiger partial charge on any atom is -0.497 e. The van der Waals surface area contributed by atoms with Crippen LogP contribution in [0.5, 0.6) is 5.75 Å². The monoisotopic (exact) mass is 612 g/mol. The molecule has 0 N–H and O–H groups in total. The number of nitrogens with zero attached hydrogens (tertiary/aromatic N) is 6. The summed E-state index contributed by atoms with van der Waals surface area (Å²) in [5.41, 5.74) is 1.76. The van der Waals surface area contributed by atoms with Crippen molar-refractivity contribution in [3.63, 3.8) is 0 Å². The van der Waals surface area contributed by atoms with E-state index in [9.17, 15) is 18.0 Å². The van der Waals surface area contributed by atoms with Crippen molar-refractivity contribution >= 4 is 22.8 Å². The third-order valence-corrected chi connectivity index (χ3v) is 8.26. The Kier molecular flexibility index (Phi) is 8.54. The van der Waals surface area contributed by atoms with Gasteiger partial charge in [-0.2, -0.15) is 5.10 Å². The summed E-state index contributed by atoms with van der Waals surface area (Å²) >= 11 is 1.57. The highest BCUT2D eigenvalue weighted by atomic mass is 32.2. The van der Waals surface area contributed by atoms with Gasteiger partial charge >= 0.3 is 6.36 Å². The predicted octanol–water partition coefficient (Wildman–Crippen LogP) is 6.00. The van der Waals surface area contributed by atoms with Crippen molar-refractivity contribution in [2.75, 3.05) is 19.9 Å². The Bertz CT molecular complexity index is 1550.